The second-order valence-corrected chi connectivity index (χ2v) is 8.81. The number of nitrogens with one attached hydrogen (secondary N) is 1. The SMILES string of the molecule is CCC(C)NC(=O)CN1CCN(S(=O)(=O)c2cc(Cl)ccc2C)CC1. The van der Waals surface area contributed by atoms with Crippen LogP contribution >= 0.6 is 11.6 Å². The molecule has 1 aromatic rings. The van der Waals surface area contributed by atoms with E-state index < -0.39 is 10.0 Å². The van der Waals surface area contributed by atoms with Gasteiger partial charge in [0, 0.05) is 37.2 Å². The molecule has 1 N–H and O–H groups in total. The van der Waals surface area contributed by atoms with Crippen LogP contribution in [0.25, 0.3) is 0 Å². The number of carbonyl (C=O) groups excluding carboxylic acids is 1. The highest BCUT2D eigenvalue weighted by molar-refractivity contribution is 7.89. The summed E-state index contributed by atoms with van der Waals surface area (Å²) in [6.45, 7) is 7.85. The topological polar surface area (TPSA) is 69.7 Å². The Hall–Kier alpha value is -1.15. The molecule has 0 aromatic heterocycles. The summed E-state index contributed by atoms with van der Waals surface area (Å²) in [5.74, 6) is -0.0173. The van der Waals surface area contributed by atoms with Crippen LogP contribution in [0.4, 0.5) is 0 Å². The molecule has 1 saturated heterocycles. The van der Waals surface area contributed by atoms with Crippen LogP contribution in [0, 0.1) is 6.92 Å². The van der Waals surface area contributed by atoms with E-state index >= 15 is 0 Å². The molecule has 1 heterocycles. The number of rotatable bonds is 6. The maximum absolute atomic E-state index is 12.8. The Morgan fingerprint density at radius 2 is 1.92 bits per heavy atom. The van der Waals surface area contributed by atoms with Gasteiger partial charge in [-0.3, -0.25) is 9.69 Å². The maximum atomic E-state index is 12.8. The van der Waals surface area contributed by atoms with E-state index in [1.165, 1.54) is 10.4 Å². The van der Waals surface area contributed by atoms with Gasteiger partial charge in [-0.1, -0.05) is 24.6 Å². The van der Waals surface area contributed by atoms with Gasteiger partial charge in [-0.05, 0) is 38.0 Å². The number of nitrogens with zero attached hydrogens (tertiary/aromatic N) is 2. The van der Waals surface area contributed by atoms with Crippen molar-refractivity contribution in [2.24, 2.45) is 0 Å². The Morgan fingerprint density at radius 3 is 2.52 bits per heavy atom. The Kier molecular flexibility index (Phi) is 6.85. The van der Waals surface area contributed by atoms with Crippen LogP contribution in [0.3, 0.4) is 0 Å². The lowest BCUT2D eigenvalue weighted by atomic mass is 10.2. The van der Waals surface area contributed by atoms with Crippen LogP contribution in [0.5, 0.6) is 0 Å². The first kappa shape index (κ1) is 20.2. The van der Waals surface area contributed by atoms with Crippen LogP contribution in [-0.2, 0) is 14.8 Å². The molecule has 1 amide bonds. The van der Waals surface area contributed by atoms with Crippen LogP contribution < -0.4 is 5.32 Å². The monoisotopic (exact) mass is 387 g/mol. The van der Waals surface area contributed by atoms with Crippen molar-refractivity contribution in [3.05, 3.63) is 28.8 Å². The minimum Gasteiger partial charge on any atom is -0.353 e. The minimum absolute atomic E-state index is 0.0173. The number of hydrogen-bond acceptors (Lipinski definition) is 4. The van der Waals surface area contributed by atoms with Crippen molar-refractivity contribution in [1.82, 2.24) is 14.5 Å². The van der Waals surface area contributed by atoms with E-state index in [9.17, 15) is 13.2 Å². The molecule has 1 fully saturated rings. The number of hydrogen-bond donors (Lipinski definition) is 1. The Morgan fingerprint density at radius 1 is 1.28 bits per heavy atom. The van der Waals surface area contributed by atoms with E-state index in [0.29, 0.717) is 43.3 Å². The van der Waals surface area contributed by atoms with Gasteiger partial charge in [-0.15, -0.1) is 0 Å². The van der Waals surface area contributed by atoms with E-state index in [0.717, 1.165) is 6.42 Å². The molecular formula is C17H26ClN3O3S. The molecular weight excluding hydrogens is 362 g/mol. The molecule has 0 bridgehead atoms. The predicted octanol–water partition coefficient (Wildman–Crippen LogP) is 1.87. The first-order valence-electron chi connectivity index (χ1n) is 8.52. The second-order valence-electron chi connectivity index (χ2n) is 6.47. The number of halogens is 1. The van der Waals surface area contributed by atoms with Gasteiger partial charge < -0.3 is 5.32 Å². The Labute approximate surface area is 155 Å². The maximum Gasteiger partial charge on any atom is 0.243 e. The molecule has 140 valence electrons. The van der Waals surface area contributed by atoms with Crippen molar-refractivity contribution in [3.8, 4) is 0 Å². The third kappa shape index (κ3) is 5.17. The number of amides is 1. The standard InChI is InChI=1S/C17H26ClN3O3S/c1-4-14(3)19-17(22)12-20-7-9-21(10-8-20)25(23,24)16-11-15(18)6-5-13(16)2/h5-6,11,14H,4,7-10,12H2,1-3H3,(H,19,22). The lowest BCUT2D eigenvalue weighted by Crippen LogP contribution is -2.51. The van der Waals surface area contributed by atoms with Gasteiger partial charge >= 0.3 is 0 Å². The highest BCUT2D eigenvalue weighted by Crippen LogP contribution is 2.24. The zero-order valence-corrected chi connectivity index (χ0v) is 16.5. The van der Waals surface area contributed by atoms with Gasteiger partial charge in [0.25, 0.3) is 0 Å². The zero-order chi connectivity index (χ0) is 18.6. The molecule has 0 aliphatic carbocycles. The van der Waals surface area contributed by atoms with Crippen LogP contribution in [0.2, 0.25) is 5.02 Å². The third-order valence-electron chi connectivity index (χ3n) is 4.49. The van der Waals surface area contributed by atoms with Crippen molar-refractivity contribution in [2.75, 3.05) is 32.7 Å². The number of aryl methyl sites for hydroxylation is 1. The fourth-order valence-corrected chi connectivity index (χ4v) is 4.65. The molecule has 1 aliphatic heterocycles. The van der Waals surface area contributed by atoms with Crippen molar-refractivity contribution in [1.29, 1.82) is 0 Å². The Bertz CT molecular complexity index is 716. The molecule has 0 radical (unpaired) electrons. The minimum atomic E-state index is -3.57. The van der Waals surface area contributed by atoms with Crippen molar-refractivity contribution in [3.63, 3.8) is 0 Å². The number of carbonyl (C=O) groups is 1. The average molecular weight is 388 g/mol. The summed E-state index contributed by atoms with van der Waals surface area (Å²) in [5.41, 5.74) is 0.680. The van der Waals surface area contributed by atoms with E-state index in [1.54, 1.807) is 19.1 Å². The summed E-state index contributed by atoms with van der Waals surface area (Å²) < 4.78 is 27.2. The van der Waals surface area contributed by atoms with Gasteiger partial charge in [-0.25, -0.2) is 8.42 Å². The molecule has 1 aliphatic rings. The molecule has 0 saturated carbocycles. The van der Waals surface area contributed by atoms with Gasteiger partial charge in [0.2, 0.25) is 15.9 Å². The number of benzene rings is 1. The highest BCUT2D eigenvalue weighted by Gasteiger charge is 2.30. The van der Waals surface area contributed by atoms with Crippen LogP contribution in [0.15, 0.2) is 23.1 Å². The van der Waals surface area contributed by atoms with E-state index in [2.05, 4.69) is 5.32 Å². The fourth-order valence-electron chi connectivity index (χ4n) is 2.74. The van der Waals surface area contributed by atoms with Crippen molar-refractivity contribution >= 4 is 27.5 Å². The molecule has 0 spiro atoms. The lowest BCUT2D eigenvalue weighted by molar-refractivity contribution is -0.123. The third-order valence-corrected chi connectivity index (χ3v) is 6.76. The van der Waals surface area contributed by atoms with Crippen LogP contribution in [0.1, 0.15) is 25.8 Å². The lowest BCUT2D eigenvalue weighted by Gasteiger charge is -2.34. The largest absolute Gasteiger partial charge is 0.353 e. The summed E-state index contributed by atoms with van der Waals surface area (Å²) >= 11 is 5.96. The first-order chi connectivity index (χ1) is 11.7. The van der Waals surface area contributed by atoms with E-state index in [-0.39, 0.29) is 16.8 Å². The smallest absolute Gasteiger partial charge is 0.243 e. The van der Waals surface area contributed by atoms with E-state index in [1.807, 2.05) is 18.7 Å². The highest BCUT2D eigenvalue weighted by atomic mass is 35.5. The summed E-state index contributed by atoms with van der Waals surface area (Å²) in [6.07, 6.45) is 0.886. The van der Waals surface area contributed by atoms with Gasteiger partial charge in [0.05, 0.1) is 11.4 Å². The van der Waals surface area contributed by atoms with Crippen molar-refractivity contribution < 1.29 is 13.2 Å². The van der Waals surface area contributed by atoms with Crippen molar-refractivity contribution in [2.45, 2.75) is 38.1 Å². The Balaban J connectivity index is 1.97. The molecule has 6 nitrogen and oxygen atoms in total. The van der Waals surface area contributed by atoms with Gasteiger partial charge in [0.1, 0.15) is 0 Å². The van der Waals surface area contributed by atoms with Gasteiger partial charge in [0.15, 0.2) is 0 Å². The molecule has 1 atom stereocenters. The normalized spacial score (nSPS) is 18.1. The summed E-state index contributed by atoms with van der Waals surface area (Å²) in [4.78, 5) is 14.2. The molecule has 8 heteroatoms. The number of piperazine rings is 1. The molecule has 1 aromatic carbocycles. The molecule has 2 rings (SSSR count). The second kappa shape index (κ2) is 8.49. The van der Waals surface area contributed by atoms with Gasteiger partial charge in [-0.2, -0.15) is 4.31 Å². The van der Waals surface area contributed by atoms with Crippen LogP contribution in [-0.4, -0.2) is 62.3 Å². The summed E-state index contributed by atoms with van der Waals surface area (Å²) in [7, 11) is -3.57. The number of sulfonamides is 1. The average Bonchev–Trinajstić information content (AvgIpc) is 2.57. The molecule has 25 heavy (non-hydrogen) atoms. The van der Waals surface area contributed by atoms with E-state index in [4.69, 9.17) is 11.6 Å². The zero-order valence-electron chi connectivity index (χ0n) is 15.0. The fraction of sp³-hybridized carbons (Fsp3) is 0.588. The molecule has 1 unspecified atom stereocenters. The quantitative estimate of drug-likeness (QED) is 0.809. The summed E-state index contributed by atoms with van der Waals surface area (Å²) in [5, 5.41) is 3.34. The predicted molar refractivity (Wildman–Crippen MR) is 99.3 cm³/mol. The summed E-state index contributed by atoms with van der Waals surface area (Å²) in [6, 6.07) is 5.05. The first-order valence-corrected chi connectivity index (χ1v) is 10.3.